The van der Waals surface area contributed by atoms with Gasteiger partial charge in [0.15, 0.2) is 0 Å². The van der Waals surface area contributed by atoms with Gasteiger partial charge in [-0.1, -0.05) is 18.2 Å². The molecule has 1 saturated heterocycles. The summed E-state index contributed by atoms with van der Waals surface area (Å²) in [6.07, 6.45) is 2.00. The summed E-state index contributed by atoms with van der Waals surface area (Å²) in [5.41, 5.74) is 11.3. The molecule has 164 valence electrons. The number of hydrogen-bond acceptors (Lipinski definition) is 5. The monoisotopic (exact) mass is 452 g/mol. The standard InChI is InChI=1S/C22H28N4O2.2ClH/c23-20-4-1-5-21-19(20)3-2-10-26(21)16-22(27)24-18-8-6-17(7-9-18)15-25-11-13-28-14-12-25;;/h1,4-9H,2-3,10-16,23H2,(H,24,27);2*1H. The number of fused-ring (bicyclic) bond motifs is 1. The number of halogens is 2. The van der Waals surface area contributed by atoms with Crippen LogP contribution in [0.25, 0.3) is 0 Å². The van der Waals surface area contributed by atoms with Crippen molar-refractivity contribution in [3.63, 3.8) is 0 Å². The van der Waals surface area contributed by atoms with E-state index in [1.165, 1.54) is 5.56 Å². The Balaban J connectivity index is 0.00000160. The molecule has 2 aliphatic rings. The highest BCUT2D eigenvalue weighted by molar-refractivity contribution is 5.94. The van der Waals surface area contributed by atoms with Gasteiger partial charge in [-0.2, -0.15) is 0 Å². The first-order valence-electron chi connectivity index (χ1n) is 10.0. The van der Waals surface area contributed by atoms with Crippen molar-refractivity contribution in [1.82, 2.24) is 4.90 Å². The summed E-state index contributed by atoms with van der Waals surface area (Å²) >= 11 is 0. The van der Waals surface area contributed by atoms with Crippen LogP contribution in [0.2, 0.25) is 0 Å². The van der Waals surface area contributed by atoms with E-state index in [-0.39, 0.29) is 30.7 Å². The summed E-state index contributed by atoms with van der Waals surface area (Å²) in [6.45, 7) is 5.69. The lowest BCUT2D eigenvalue weighted by molar-refractivity contribution is -0.115. The van der Waals surface area contributed by atoms with Crippen molar-refractivity contribution in [1.29, 1.82) is 0 Å². The minimum Gasteiger partial charge on any atom is -0.398 e. The molecular weight excluding hydrogens is 423 g/mol. The average Bonchev–Trinajstić information content (AvgIpc) is 2.71. The van der Waals surface area contributed by atoms with Crippen LogP contribution in [-0.4, -0.2) is 50.2 Å². The highest BCUT2D eigenvalue weighted by Gasteiger charge is 2.20. The zero-order valence-corrected chi connectivity index (χ0v) is 18.6. The van der Waals surface area contributed by atoms with E-state index in [9.17, 15) is 4.79 Å². The Morgan fingerprint density at radius 3 is 2.50 bits per heavy atom. The molecule has 0 spiro atoms. The van der Waals surface area contributed by atoms with E-state index in [4.69, 9.17) is 10.5 Å². The maximum atomic E-state index is 12.6. The molecule has 0 aliphatic carbocycles. The van der Waals surface area contributed by atoms with E-state index in [1.54, 1.807) is 0 Å². The number of ether oxygens (including phenoxy) is 1. The molecule has 1 amide bonds. The minimum atomic E-state index is -0.00352. The Hall–Kier alpha value is -1.99. The molecule has 1 fully saturated rings. The third-order valence-electron chi connectivity index (χ3n) is 5.47. The van der Waals surface area contributed by atoms with Crippen LogP contribution in [-0.2, 0) is 22.5 Å². The maximum absolute atomic E-state index is 12.6. The molecule has 0 atom stereocenters. The van der Waals surface area contributed by atoms with Gasteiger partial charge in [0.1, 0.15) is 0 Å². The number of morpholine rings is 1. The summed E-state index contributed by atoms with van der Waals surface area (Å²) in [5.74, 6) is -0.00352. The molecule has 0 unspecified atom stereocenters. The molecule has 0 bridgehead atoms. The predicted octanol–water partition coefficient (Wildman–Crippen LogP) is 3.34. The fourth-order valence-corrected chi connectivity index (χ4v) is 3.98. The third kappa shape index (κ3) is 6.01. The lowest BCUT2D eigenvalue weighted by Gasteiger charge is -2.31. The quantitative estimate of drug-likeness (QED) is 0.680. The second-order valence-corrected chi connectivity index (χ2v) is 7.50. The first-order valence-corrected chi connectivity index (χ1v) is 10.0. The Bertz CT molecular complexity index is 826. The molecule has 2 aromatic carbocycles. The first-order chi connectivity index (χ1) is 13.7. The van der Waals surface area contributed by atoms with Crippen LogP contribution in [0.1, 0.15) is 17.5 Å². The normalized spacial score (nSPS) is 16.1. The second kappa shape index (κ2) is 11.4. The number of nitrogens with zero attached hydrogens (tertiary/aromatic N) is 2. The highest BCUT2D eigenvalue weighted by Crippen LogP contribution is 2.31. The van der Waals surface area contributed by atoms with Gasteiger partial charge in [-0.05, 0) is 48.2 Å². The Morgan fingerprint density at radius 1 is 1.03 bits per heavy atom. The van der Waals surface area contributed by atoms with Gasteiger partial charge in [0, 0.05) is 43.2 Å². The summed E-state index contributed by atoms with van der Waals surface area (Å²) in [6, 6.07) is 14.1. The Labute approximate surface area is 190 Å². The summed E-state index contributed by atoms with van der Waals surface area (Å²) in [7, 11) is 0. The molecule has 30 heavy (non-hydrogen) atoms. The van der Waals surface area contributed by atoms with Gasteiger partial charge in [0.25, 0.3) is 0 Å². The topological polar surface area (TPSA) is 70.8 Å². The van der Waals surface area contributed by atoms with Crippen molar-refractivity contribution in [3.8, 4) is 0 Å². The van der Waals surface area contributed by atoms with Crippen molar-refractivity contribution < 1.29 is 9.53 Å². The molecule has 0 aromatic heterocycles. The third-order valence-corrected chi connectivity index (χ3v) is 5.47. The van der Waals surface area contributed by atoms with E-state index in [0.717, 1.165) is 74.9 Å². The van der Waals surface area contributed by atoms with E-state index in [2.05, 4.69) is 33.3 Å². The number of amides is 1. The fourth-order valence-electron chi connectivity index (χ4n) is 3.98. The molecule has 0 saturated carbocycles. The first kappa shape index (κ1) is 24.3. The van der Waals surface area contributed by atoms with Crippen molar-refractivity contribution in [2.45, 2.75) is 19.4 Å². The minimum absolute atomic E-state index is 0. The molecule has 6 nitrogen and oxygen atoms in total. The van der Waals surface area contributed by atoms with Crippen LogP contribution < -0.4 is 16.0 Å². The summed E-state index contributed by atoms with van der Waals surface area (Å²) in [4.78, 5) is 17.1. The van der Waals surface area contributed by atoms with Crippen LogP contribution in [0.4, 0.5) is 17.1 Å². The molecule has 8 heteroatoms. The zero-order chi connectivity index (χ0) is 19.3. The number of benzene rings is 2. The van der Waals surface area contributed by atoms with Gasteiger partial charge < -0.3 is 20.7 Å². The van der Waals surface area contributed by atoms with Crippen molar-refractivity contribution in [3.05, 3.63) is 53.6 Å². The molecule has 2 aliphatic heterocycles. The Kier molecular flexibility index (Phi) is 9.24. The number of rotatable bonds is 5. The van der Waals surface area contributed by atoms with E-state index >= 15 is 0 Å². The SMILES string of the molecule is Cl.Cl.Nc1cccc2c1CCCN2CC(=O)Nc1ccc(CN2CCOCC2)cc1. The second-order valence-electron chi connectivity index (χ2n) is 7.50. The van der Waals surface area contributed by atoms with Gasteiger partial charge in [0.05, 0.1) is 19.8 Å². The lowest BCUT2D eigenvalue weighted by Crippen LogP contribution is -2.37. The summed E-state index contributed by atoms with van der Waals surface area (Å²) in [5, 5.41) is 3.02. The van der Waals surface area contributed by atoms with Crippen LogP contribution >= 0.6 is 24.8 Å². The molecule has 2 aromatic rings. The smallest absolute Gasteiger partial charge is 0.243 e. The van der Waals surface area contributed by atoms with Gasteiger partial charge >= 0.3 is 0 Å². The van der Waals surface area contributed by atoms with Crippen molar-refractivity contribution in [2.24, 2.45) is 0 Å². The molecular formula is C22H30Cl2N4O2. The number of carbonyl (C=O) groups is 1. The molecule has 0 radical (unpaired) electrons. The van der Waals surface area contributed by atoms with E-state index < -0.39 is 0 Å². The largest absolute Gasteiger partial charge is 0.398 e. The zero-order valence-electron chi connectivity index (χ0n) is 17.0. The molecule has 3 N–H and O–H groups in total. The van der Waals surface area contributed by atoms with Crippen molar-refractivity contribution in [2.75, 3.05) is 55.3 Å². The van der Waals surface area contributed by atoms with Crippen LogP contribution in [0.5, 0.6) is 0 Å². The summed E-state index contributed by atoms with van der Waals surface area (Å²) < 4.78 is 5.39. The number of nitrogens with two attached hydrogens (primary N) is 1. The van der Waals surface area contributed by atoms with Crippen LogP contribution in [0, 0.1) is 0 Å². The van der Waals surface area contributed by atoms with E-state index in [1.807, 2.05) is 24.3 Å². The highest BCUT2D eigenvalue weighted by atomic mass is 35.5. The molecule has 2 heterocycles. The van der Waals surface area contributed by atoms with Gasteiger partial charge in [-0.25, -0.2) is 0 Å². The Morgan fingerprint density at radius 2 is 1.77 bits per heavy atom. The van der Waals surface area contributed by atoms with Gasteiger partial charge in [-0.15, -0.1) is 24.8 Å². The molecule has 4 rings (SSSR count). The number of nitrogens with one attached hydrogen (secondary N) is 1. The van der Waals surface area contributed by atoms with Crippen molar-refractivity contribution >= 4 is 47.8 Å². The van der Waals surface area contributed by atoms with E-state index in [0.29, 0.717) is 6.54 Å². The van der Waals surface area contributed by atoms with Gasteiger partial charge in [0.2, 0.25) is 5.91 Å². The average molecular weight is 453 g/mol. The lowest BCUT2D eigenvalue weighted by atomic mass is 10.00. The van der Waals surface area contributed by atoms with Crippen LogP contribution in [0.15, 0.2) is 42.5 Å². The number of nitrogen functional groups attached to an aromatic ring is 1. The fraction of sp³-hybridized carbons (Fsp3) is 0.409. The van der Waals surface area contributed by atoms with Gasteiger partial charge in [-0.3, -0.25) is 9.69 Å². The predicted molar refractivity (Wildman–Crippen MR) is 127 cm³/mol. The maximum Gasteiger partial charge on any atom is 0.243 e. The number of hydrogen-bond donors (Lipinski definition) is 2. The number of carbonyl (C=O) groups excluding carboxylic acids is 1. The number of anilines is 3. The van der Waals surface area contributed by atoms with Crippen LogP contribution in [0.3, 0.4) is 0 Å².